The van der Waals surface area contributed by atoms with E-state index in [2.05, 4.69) is 34.1 Å². The molecule has 1 aromatic heterocycles. The molecule has 0 saturated carbocycles. The Morgan fingerprint density at radius 3 is 2.13 bits per heavy atom. The van der Waals surface area contributed by atoms with E-state index < -0.39 is 10.1 Å². The van der Waals surface area contributed by atoms with Gasteiger partial charge in [-0.3, -0.25) is 4.18 Å². The Kier molecular flexibility index (Phi) is 7.44. The van der Waals surface area contributed by atoms with Gasteiger partial charge in [0.25, 0.3) is 10.1 Å². The molecule has 7 heteroatoms. The summed E-state index contributed by atoms with van der Waals surface area (Å²) in [6.45, 7) is 1.87. The molecule has 0 aliphatic rings. The van der Waals surface area contributed by atoms with Crippen LogP contribution in [0.4, 0.5) is 5.69 Å². The van der Waals surface area contributed by atoms with E-state index in [1.165, 1.54) is 12.1 Å². The highest BCUT2D eigenvalue weighted by Crippen LogP contribution is 2.16. The van der Waals surface area contributed by atoms with Crippen LogP contribution >= 0.6 is 0 Å². The molecule has 162 valence electrons. The zero-order chi connectivity index (χ0) is 22.3. The van der Waals surface area contributed by atoms with Gasteiger partial charge in [0, 0.05) is 32.0 Å². The van der Waals surface area contributed by atoms with Gasteiger partial charge in [0.15, 0.2) is 0 Å². The number of pyridine rings is 1. The van der Waals surface area contributed by atoms with E-state index in [4.69, 9.17) is 8.92 Å². The lowest BCUT2D eigenvalue weighted by Crippen LogP contribution is -2.13. The van der Waals surface area contributed by atoms with Crippen LogP contribution in [0, 0.1) is 6.92 Å². The molecule has 0 radical (unpaired) electrons. The lowest BCUT2D eigenvalue weighted by atomic mass is 10.1. The van der Waals surface area contributed by atoms with Gasteiger partial charge in [-0.15, -0.1) is 0 Å². The van der Waals surface area contributed by atoms with Crippen molar-refractivity contribution in [3.8, 4) is 5.88 Å². The number of hydrogen-bond acceptors (Lipinski definition) is 6. The van der Waals surface area contributed by atoms with Gasteiger partial charge in [-0.25, -0.2) is 4.98 Å². The summed E-state index contributed by atoms with van der Waals surface area (Å²) in [4.78, 5) is 6.43. The van der Waals surface area contributed by atoms with Gasteiger partial charge in [0.2, 0.25) is 5.88 Å². The van der Waals surface area contributed by atoms with E-state index in [0.29, 0.717) is 5.88 Å². The molecule has 0 N–H and O–H groups in total. The minimum atomic E-state index is -3.79. The van der Waals surface area contributed by atoms with Crippen LogP contribution < -0.4 is 9.64 Å². The Morgan fingerprint density at radius 1 is 0.871 bits per heavy atom. The number of anilines is 1. The monoisotopic (exact) mass is 438 g/mol. The number of nitrogens with zero attached hydrogens (tertiary/aromatic N) is 2. The molecule has 6 nitrogen and oxygen atoms in total. The highest BCUT2D eigenvalue weighted by Gasteiger charge is 2.14. The van der Waals surface area contributed by atoms with Gasteiger partial charge in [-0.1, -0.05) is 42.0 Å². The maximum atomic E-state index is 12.1. The summed E-state index contributed by atoms with van der Waals surface area (Å²) in [7, 11) is 0.227. The molecule has 3 aromatic rings. The largest absolute Gasteiger partial charge is 0.475 e. The van der Waals surface area contributed by atoms with Crippen LogP contribution in [0.1, 0.15) is 16.7 Å². The van der Waals surface area contributed by atoms with Crippen LogP contribution in [-0.4, -0.2) is 40.7 Å². The Bertz CT molecular complexity index is 1110. The van der Waals surface area contributed by atoms with Crippen LogP contribution in [0.3, 0.4) is 0 Å². The quantitative estimate of drug-likeness (QED) is 0.364. The number of benzene rings is 2. The van der Waals surface area contributed by atoms with E-state index >= 15 is 0 Å². The molecule has 0 aliphatic carbocycles. The van der Waals surface area contributed by atoms with E-state index in [1.54, 1.807) is 24.4 Å². The van der Waals surface area contributed by atoms with Gasteiger partial charge in [0.1, 0.15) is 13.2 Å². The van der Waals surface area contributed by atoms with Crippen LogP contribution in [0.2, 0.25) is 0 Å². The lowest BCUT2D eigenvalue weighted by molar-refractivity contribution is 0.216. The molecule has 0 fully saturated rings. The molecule has 31 heavy (non-hydrogen) atoms. The third-order valence-electron chi connectivity index (χ3n) is 4.52. The Labute approximate surface area is 183 Å². The first-order chi connectivity index (χ1) is 14.8. The predicted molar refractivity (Wildman–Crippen MR) is 124 cm³/mol. The highest BCUT2D eigenvalue weighted by atomic mass is 32.2. The molecule has 0 unspecified atom stereocenters. The van der Waals surface area contributed by atoms with Gasteiger partial charge in [0.05, 0.1) is 4.90 Å². The fraction of sp³-hybridized carbons (Fsp3) is 0.208. The van der Waals surface area contributed by atoms with Crippen molar-refractivity contribution in [3.63, 3.8) is 0 Å². The predicted octanol–water partition coefficient (Wildman–Crippen LogP) is 4.41. The molecule has 0 bridgehead atoms. The topological polar surface area (TPSA) is 68.7 Å². The van der Waals surface area contributed by atoms with E-state index in [-0.39, 0.29) is 18.1 Å². The second-order valence-corrected chi connectivity index (χ2v) is 8.80. The molecule has 0 atom stereocenters. The second-order valence-electron chi connectivity index (χ2n) is 7.19. The smallest absolute Gasteiger partial charge is 0.297 e. The zero-order valence-corrected chi connectivity index (χ0v) is 18.7. The van der Waals surface area contributed by atoms with Gasteiger partial charge >= 0.3 is 0 Å². The third kappa shape index (κ3) is 6.67. The van der Waals surface area contributed by atoms with Gasteiger partial charge in [-0.2, -0.15) is 8.42 Å². The van der Waals surface area contributed by atoms with Crippen LogP contribution in [0.15, 0.2) is 71.8 Å². The minimum absolute atomic E-state index is 0.0749. The molecule has 0 spiro atoms. The summed E-state index contributed by atoms with van der Waals surface area (Å²) in [5.74, 6) is 0.406. The summed E-state index contributed by atoms with van der Waals surface area (Å²) in [6.07, 6.45) is 5.68. The molecule has 2 aromatic carbocycles. The molecule has 0 saturated heterocycles. The average Bonchev–Trinajstić information content (AvgIpc) is 2.77. The molecule has 3 rings (SSSR count). The van der Waals surface area contributed by atoms with Crippen molar-refractivity contribution in [2.24, 2.45) is 0 Å². The van der Waals surface area contributed by atoms with Crippen molar-refractivity contribution in [3.05, 3.63) is 83.6 Å². The Balaban J connectivity index is 1.47. The van der Waals surface area contributed by atoms with Crippen molar-refractivity contribution in [2.75, 3.05) is 32.2 Å². The van der Waals surface area contributed by atoms with Crippen molar-refractivity contribution in [1.82, 2.24) is 4.98 Å². The Morgan fingerprint density at radius 2 is 1.52 bits per heavy atom. The fourth-order valence-electron chi connectivity index (χ4n) is 2.71. The first-order valence-electron chi connectivity index (χ1n) is 9.84. The first-order valence-corrected chi connectivity index (χ1v) is 11.2. The van der Waals surface area contributed by atoms with Crippen LogP contribution in [0.25, 0.3) is 12.2 Å². The number of ether oxygens (including phenoxy) is 1. The van der Waals surface area contributed by atoms with E-state index in [0.717, 1.165) is 22.4 Å². The molecule has 0 aliphatic heterocycles. The van der Waals surface area contributed by atoms with Gasteiger partial charge in [-0.05, 0) is 48.4 Å². The van der Waals surface area contributed by atoms with Crippen LogP contribution in [0.5, 0.6) is 5.88 Å². The molecular formula is C24H26N2O4S. The van der Waals surface area contributed by atoms with Crippen molar-refractivity contribution >= 4 is 28.0 Å². The summed E-state index contributed by atoms with van der Waals surface area (Å²) < 4.78 is 34.8. The Hall–Kier alpha value is -3.16. The van der Waals surface area contributed by atoms with Gasteiger partial charge < -0.3 is 9.64 Å². The van der Waals surface area contributed by atoms with Crippen LogP contribution in [-0.2, 0) is 14.3 Å². The normalized spacial score (nSPS) is 11.6. The maximum Gasteiger partial charge on any atom is 0.297 e. The fourth-order valence-corrected chi connectivity index (χ4v) is 3.61. The maximum absolute atomic E-state index is 12.1. The first kappa shape index (κ1) is 22.5. The highest BCUT2D eigenvalue weighted by molar-refractivity contribution is 7.86. The van der Waals surface area contributed by atoms with Crippen molar-refractivity contribution in [1.29, 1.82) is 0 Å². The molecule has 1 heterocycles. The number of aromatic nitrogens is 1. The summed E-state index contributed by atoms with van der Waals surface area (Å²) in [5.41, 5.74) is 4.16. The number of hydrogen-bond donors (Lipinski definition) is 0. The minimum Gasteiger partial charge on any atom is -0.475 e. The summed E-state index contributed by atoms with van der Waals surface area (Å²) in [5, 5.41) is 0. The zero-order valence-electron chi connectivity index (χ0n) is 17.9. The summed E-state index contributed by atoms with van der Waals surface area (Å²) >= 11 is 0. The average molecular weight is 439 g/mol. The SMILES string of the molecule is Cc1ccc(S(=O)(=O)OCCOc2ccc(C=Cc3ccc(N(C)C)cc3)cn2)cc1. The standard InChI is InChI=1S/C24H26N2O4S/c1-19-4-13-23(14-5-19)31(27,28)30-17-16-29-24-15-10-21(18-25-24)7-6-20-8-11-22(12-9-20)26(2)3/h4-15,18H,16-17H2,1-3H3. The number of rotatable bonds is 9. The molecule has 0 amide bonds. The van der Waals surface area contributed by atoms with E-state index in [1.807, 2.05) is 39.2 Å². The van der Waals surface area contributed by atoms with Crippen molar-refractivity contribution in [2.45, 2.75) is 11.8 Å². The molecular weight excluding hydrogens is 412 g/mol. The van der Waals surface area contributed by atoms with E-state index in [9.17, 15) is 8.42 Å². The number of aryl methyl sites for hydroxylation is 1. The summed E-state index contributed by atoms with van der Waals surface area (Å²) in [6, 6.07) is 18.4. The van der Waals surface area contributed by atoms with Crippen molar-refractivity contribution < 1.29 is 17.3 Å². The lowest BCUT2D eigenvalue weighted by Gasteiger charge is -2.11. The third-order valence-corrected chi connectivity index (χ3v) is 5.84. The second kappa shape index (κ2) is 10.2.